The van der Waals surface area contributed by atoms with Crippen LogP contribution < -0.4 is 5.73 Å². The second-order valence-corrected chi connectivity index (χ2v) is 11.1. The Morgan fingerprint density at radius 1 is 1.26 bits per heavy atom. The van der Waals surface area contributed by atoms with Gasteiger partial charge in [-0.3, -0.25) is 0 Å². The van der Waals surface area contributed by atoms with E-state index in [-0.39, 0.29) is 46.5 Å². The van der Waals surface area contributed by atoms with E-state index in [1.54, 1.807) is 19.0 Å². The molecule has 0 fully saturated rings. The number of Topliss-reactive ketones (excluding diaryl/α,β-unsaturated/α-hetero) is 1. The Morgan fingerprint density at radius 2 is 1.92 bits per heavy atom. The van der Waals surface area contributed by atoms with Crippen LogP contribution in [0.4, 0.5) is 0 Å². The maximum absolute atomic E-state index is 13.8. The van der Waals surface area contributed by atoms with Crippen molar-refractivity contribution in [2.75, 3.05) is 27.2 Å². The quantitative estimate of drug-likeness (QED) is 0.325. The van der Waals surface area contributed by atoms with E-state index < -0.39 is 40.9 Å². The zero-order valence-electron chi connectivity index (χ0n) is 22.2. The van der Waals surface area contributed by atoms with Gasteiger partial charge in [-0.05, 0) is 6.42 Å². The molecule has 0 aliphatic heterocycles. The van der Waals surface area contributed by atoms with Gasteiger partial charge in [0, 0.05) is 0 Å². The second kappa shape index (κ2) is 10.1. The summed E-state index contributed by atoms with van der Waals surface area (Å²) in [6.07, 6.45) is 1.38. The fourth-order valence-electron chi connectivity index (χ4n) is 6.54. The van der Waals surface area contributed by atoms with E-state index in [0.29, 0.717) is 22.7 Å². The van der Waals surface area contributed by atoms with E-state index in [2.05, 4.69) is 19.3 Å². The van der Waals surface area contributed by atoms with Crippen molar-refractivity contribution in [1.29, 1.82) is 0 Å². The second-order valence-electron chi connectivity index (χ2n) is 10.7. The molecule has 204 valence electrons. The number of allylic oxidation sites excluding steroid dienone is 1. The number of benzene rings is 1. The summed E-state index contributed by atoms with van der Waals surface area (Å²) in [5.41, 5.74) is 3.80. The number of hydrogen-bond donors (Lipinski definition) is 5. The molecule has 4 rings (SSSR count). The number of hydrogen-bond acceptors (Lipinski definition) is 8. The van der Waals surface area contributed by atoms with Crippen molar-refractivity contribution in [3.05, 3.63) is 50.4 Å². The molecule has 9 nitrogen and oxygen atoms in total. The molecule has 11 heteroatoms. The molecule has 0 aromatic heterocycles. The van der Waals surface area contributed by atoms with Crippen LogP contribution in [0.1, 0.15) is 48.2 Å². The minimum absolute atomic E-state index is 0.00349. The van der Waals surface area contributed by atoms with E-state index >= 15 is 0 Å². The first-order valence-electron chi connectivity index (χ1n) is 12.9. The number of primary amides is 1. The Kier molecular flexibility index (Phi) is 7.57. The van der Waals surface area contributed by atoms with Gasteiger partial charge in [-0.2, -0.15) is 0 Å². The summed E-state index contributed by atoms with van der Waals surface area (Å²) >= 11 is 6.84. The van der Waals surface area contributed by atoms with Crippen molar-refractivity contribution in [2.45, 2.75) is 51.3 Å². The van der Waals surface area contributed by atoms with Crippen molar-refractivity contribution < 1.29 is 30.0 Å². The average Bonchev–Trinajstić information content (AvgIpc) is 2.83. The van der Waals surface area contributed by atoms with Crippen LogP contribution in [0.5, 0.6) is 5.75 Å². The number of carbonyl (C=O) groups is 2. The van der Waals surface area contributed by atoms with Gasteiger partial charge in [0.1, 0.15) is 0 Å². The standard InChI is InChI=1S/C27H35BClN3O6/c1-5-7-32(6-2)11-13-10-16(33)18-14(20(13)29)8-12-9-15-21(31(3)4)23(35)19(26(30)37)24(28)27(15,38)25(36)17(12)22(18)34/h10,12,15,21,28,33,35-36,38H,5-9,11H2,1-4H3,(H2,30,37)/t12-,15-,21-,27+/m0/s1. The summed E-state index contributed by atoms with van der Waals surface area (Å²) in [7, 11) is 7.14. The van der Waals surface area contributed by atoms with Crippen molar-refractivity contribution in [3.63, 3.8) is 0 Å². The molecule has 0 radical (unpaired) electrons. The van der Waals surface area contributed by atoms with Crippen LogP contribution >= 0.6 is 11.6 Å². The van der Waals surface area contributed by atoms with Crippen LogP contribution in [0.25, 0.3) is 0 Å². The molecule has 1 amide bonds. The third kappa shape index (κ3) is 4.09. The van der Waals surface area contributed by atoms with Gasteiger partial charge < -0.3 is 0 Å². The predicted octanol–water partition coefficient (Wildman–Crippen LogP) is 1.51. The molecule has 0 saturated carbocycles. The number of amides is 1. The molecule has 1 aromatic rings. The Labute approximate surface area is 228 Å². The number of rotatable bonds is 7. The van der Waals surface area contributed by atoms with Gasteiger partial charge >= 0.3 is 208 Å². The zero-order valence-corrected chi connectivity index (χ0v) is 23.0. The number of fused-ring (bicyclic) bond motifs is 3. The summed E-state index contributed by atoms with van der Waals surface area (Å²) in [5.74, 6) is -4.26. The summed E-state index contributed by atoms with van der Waals surface area (Å²) in [6, 6.07) is 0.610. The Hall–Kier alpha value is -2.66. The monoisotopic (exact) mass is 543 g/mol. The van der Waals surface area contributed by atoms with Crippen LogP contribution in [0, 0.1) is 11.8 Å². The van der Waals surface area contributed by atoms with Gasteiger partial charge in [0.05, 0.1) is 0 Å². The van der Waals surface area contributed by atoms with Crippen LogP contribution in [-0.4, -0.2) is 93.7 Å². The molecule has 0 heterocycles. The van der Waals surface area contributed by atoms with E-state index in [1.807, 2.05) is 6.92 Å². The summed E-state index contributed by atoms with van der Waals surface area (Å²) in [4.78, 5) is 29.8. The number of likely N-dealkylation sites (N-methyl/N-ethyl adjacent to an activating group) is 1. The molecule has 1 aromatic carbocycles. The number of aromatic hydroxyl groups is 1. The third-order valence-electron chi connectivity index (χ3n) is 8.30. The van der Waals surface area contributed by atoms with Gasteiger partial charge in [-0.1, -0.05) is 13.8 Å². The number of phenols is 1. The van der Waals surface area contributed by atoms with E-state index in [0.717, 1.165) is 19.5 Å². The number of aliphatic hydroxyl groups excluding tert-OH is 2. The topological polar surface area (TPSA) is 148 Å². The molecule has 3 aliphatic carbocycles. The molecule has 0 spiro atoms. The van der Waals surface area contributed by atoms with Crippen LogP contribution in [-0.2, 0) is 17.8 Å². The Bertz CT molecular complexity index is 1290. The van der Waals surface area contributed by atoms with E-state index in [4.69, 9.17) is 17.3 Å². The fraction of sp³-hybridized carbons (Fsp3) is 0.519. The number of nitrogens with zero attached hydrogens (tertiary/aromatic N) is 2. The Balaban J connectivity index is 1.87. The third-order valence-corrected chi connectivity index (χ3v) is 8.77. The molecule has 0 bridgehead atoms. The van der Waals surface area contributed by atoms with Crippen LogP contribution in [0.3, 0.4) is 0 Å². The van der Waals surface area contributed by atoms with Crippen LogP contribution in [0.15, 0.2) is 28.7 Å². The molecule has 4 atom stereocenters. The van der Waals surface area contributed by atoms with Gasteiger partial charge in [-0.15, -0.1) is 0 Å². The summed E-state index contributed by atoms with van der Waals surface area (Å²) in [5, 5.41) is 45.7. The predicted molar refractivity (Wildman–Crippen MR) is 147 cm³/mol. The van der Waals surface area contributed by atoms with Gasteiger partial charge in [0.2, 0.25) is 0 Å². The number of ketones is 1. The molecule has 38 heavy (non-hydrogen) atoms. The molecule has 0 unspecified atom stereocenters. The molecular weight excluding hydrogens is 509 g/mol. The number of phenolic OH excluding ortho intramolecular Hbond substituents is 1. The van der Waals surface area contributed by atoms with Crippen molar-refractivity contribution in [1.82, 2.24) is 9.80 Å². The number of aliphatic hydroxyl groups is 3. The maximum atomic E-state index is 13.8. The summed E-state index contributed by atoms with van der Waals surface area (Å²) in [6.45, 7) is 6.29. The first-order valence-corrected chi connectivity index (χ1v) is 13.2. The average molecular weight is 544 g/mol. The first-order chi connectivity index (χ1) is 17.8. The molecular formula is C27H35BClN3O6. The molecule has 0 saturated heterocycles. The SMILES string of the molecule is B=C1C(C(N)=O)=C(O)[C@@H](N(C)C)[C@@H]2C[C@@H]3Cc4c(Cl)c(CN(CC)CCC)cc(O)c4C(=O)C3=C(O)[C@]12O. The van der Waals surface area contributed by atoms with E-state index in [9.17, 15) is 30.0 Å². The number of carbonyl (C=O) groups excluding carboxylic acids is 2. The fourth-order valence-corrected chi connectivity index (χ4v) is 6.83. The number of halogens is 1. The number of nitrogens with two attached hydrogens (primary N) is 1. The van der Waals surface area contributed by atoms with Gasteiger partial charge in [-0.25, -0.2) is 0 Å². The minimum atomic E-state index is -2.22. The molecule has 6 N–H and O–H groups in total. The van der Waals surface area contributed by atoms with Crippen molar-refractivity contribution >= 4 is 36.2 Å². The van der Waals surface area contributed by atoms with Crippen molar-refractivity contribution in [2.24, 2.45) is 17.6 Å². The normalized spacial score (nSPS) is 27.1. The Morgan fingerprint density at radius 3 is 2.47 bits per heavy atom. The van der Waals surface area contributed by atoms with Gasteiger partial charge in [0.25, 0.3) is 0 Å². The molecule has 3 aliphatic rings. The first kappa shape index (κ1) is 28.4. The zero-order chi connectivity index (χ0) is 28.3. The van der Waals surface area contributed by atoms with Crippen LogP contribution in [0.2, 0.25) is 5.02 Å². The van der Waals surface area contributed by atoms with E-state index in [1.165, 1.54) is 6.07 Å². The summed E-state index contributed by atoms with van der Waals surface area (Å²) < 4.78 is 0. The van der Waals surface area contributed by atoms with Gasteiger partial charge in [0.15, 0.2) is 0 Å². The van der Waals surface area contributed by atoms with Crippen molar-refractivity contribution in [3.8, 4) is 5.75 Å².